The third-order valence-corrected chi connectivity index (χ3v) is 5.52. The van der Waals surface area contributed by atoms with E-state index in [0.717, 1.165) is 22.2 Å². The molecule has 9 heteroatoms. The second-order valence-electron chi connectivity index (χ2n) is 7.59. The molecular weight excluding hydrogens is 438 g/mol. The van der Waals surface area contributed by atoms with E-state index < -0.39 is 5.91 Å². The zero-order valence-electron chi connectivity index (χ0n) is 19.1. The Hall–Kier alpha value is -4.11. The maximum absolute atomic E-state index is 12.7. The Morgan fingerprint density at radius 1 is 1.21 bits per heavy atom. The normalized spacial score (nSPS) is 11.4. The van der Waals surface area contributed by atoms with Gasteiger partial charge in [0.1, 0.15) is 17.9 Å². The van der Waals surface area contributed by atoms with Crippen molar-refractivity contribution in [1.29, 1.82) is 0 Å². The van der Waals surface area contributed by atoms with Crippen LogP contribution in [0.25, 0.3) is 21.9 Å². The van der Waals surface area contributed by atoms with Crippen molar-refractivity contribution in [3.63, 3.8) is 0 Å². The first-order valence-electron chi connectivity index (χ1n) is 10.7. The Morgan fingerprint density at radius 3 is 2.74 bits per heavy atom. The molecular formula is C25H25N3O6. The average Bonchev–Trinajstić information content (AvgIpc) is 3.38. The fourth-order valence-electron chi connectivity index (χ4n) is 3.90. The smallest absolute Gasteiger partial charge is 0.325 e. The van der Waals surface area contributed by atoms with Crippen molar-refractivity contribution in [1.82, 2.24) is 9.99 Å². The van der Waals surface area contributed by atoms with Gasteiger partial charge in [0.25, 0.3) is 0 Å². The lowest BCUT2D eigenvalue weighted by atomic mass is 10.1. The molecule has 0 saturated heterocycles. The second-order valence-corrected chi connectivity index (χ2v) is 7.59. The van der Waals surface area contributed by atoms with Crippen molar-refractivity contribution in [2.24, 2.45) is 5.10 Å². The third kappa shape index (κ3) is 4.38. The molecule has 0 unspecified atom stereocenters. The molecule has 0 spiro atoms. The van der Waals surface area contributed by atoms with Crippen LogP contribution in [0.4, 0.5) is 0 Å². The van der Waals surface area contributed by atoms with Gasteiger partial charge in [0.2, 0.25) is 0 Å². The summed E-state index contributed by atoms with van der Waals surface area (Å²) in [5.74, 6) is -0.305. The van der Waals surface area contributed by atoms with E-state index in [2.05, 4.69) is 10.5 Å². The summed E-state index contributed by atoms with van der Waals surface area (Å²) >= 11 is 0. The van der Waals surface area contributed by atoms with Crippen LogP contribution in [0.1, 0.15) is 34.3 Å². The van der Waals surface area contributed by atoms with E-state index in [4.69, 9.17) is 13.9 Å². The number of hydrogen-bond acceptors (Lipinski definition) is 7. The summed E-state index contributed by atoms with van der Waals surface area (Å²) in [5.41, 5.74) is 5.98. The highest BCUT2D eigenvalue weighted by molar-refractivity contribution is 6.02. The quantitative estimate of drug-likeness (QED) is 0.235. The van der Waals surface area contributed by atoms with Gasteiger partial charge in [0.05, 0.1) is 31.9 Å². The number of carbonyl (C=O) groups is 2. The van der Waals surface area contributed by atoms with Gasteiger partial charge in [-0.15, -0.1) is 0 Å². The number of fused-ring (bicyclic) bond motifs is 2. The van der Waals surface area contributed by atoms with Crippen molar-refractivity contribution in [3.05, 3.63) is 65.0 Å². The number of aliphatic hydroxyl groups excluding tert-OH is 1. The molecule has 0 aliphatic rings. The van der Waals surface area contributed by atoms with Crippen molar-refractivity contribution >= 4 is 40.0 Å². The number of rotatable bonds is 8. The van der Waals surface area contributed by atoms with Crippen LogP contribution in [-0.2, 0) is 22.7 Å². The Balaban J connectivity index is 1.59. The molecule has 176 valence electrons. The summed E-state index contributed by atoms with van der Waals surface area (Å²) in [6, 6.07) is 12.5. The third-order valence-electron chi connectivity index (χ3n) is 5.52. The zero-order chi connectivity index (χ0) is 24.2. The molecule has 2 aromatic carbocycles. The minimum absolute atomic E-state index is 0.0574. The first kappa shape index (κ1) is 23.1. The fraction of sp³-hybridized carbons (Fsp3) is 0.240. The molecule has 0 saturated carbocycles. The summed E-state index contributed by atoms with van der Waals surface area (Å²) in [7, 11) is 1.51. The Morgan fingerprint density at radius 2 is 2.00 bits per heavy atom. The number of hydrazone groups is 1. The number of nitrogens with zero attached hydrogens (tertiary/aromatic N) is 2. The van der Waals surface area contributed by atoms with Crippen LogP contribution in [-0.4, -0.2) is 41.5 Å². The van der Waals surface area contributed by atoms with Gasteiger partial charge in [-0.25, -0.2) is 5.43 Å². The molecule has 4 rings (SSSR count). The molecule has 34 heavy (non-hydrogen) atoms. The van der Waals surface area contributed by atoms with Crippen LogP contribution in [0, 0.1) is 6.92 Å². The summed E-state index contributed by atoms with van der Waals surface area (Å²) in [4.78, 5) is 24.7. The van der Waals surface area contributed by atoms with Gasteiger partial charge in [0.15, 0.2) is 5.76 Å². The van der Waals surface area contributed by atoms with E-state index in [1.54, 1.807) is 31.3 Å². The SMILES string of the molecule is CCOC(=O)Cn1c(C)c(/C=N/NC(=O)c2cc3c(OC)cc(CO)cc3o2)c2ccccc21. The predicted octanol–water partition coefficient (Wildman–Crippen LogP) is 3.52. The predicted molar refractivity (Wildman–Crippen MR) is 127 cm³/mol. The summed E-state index contributed by atoms with van der Waals surface area (Å²) in [5, 5.41) is 15.0. The van der Waals surface area contributed by atoms with Crippen LogP contribution >= 0.6 is 0 Å². The first-order chi connectivity index (χ1) is 16.5. The fourth-order valence-corrected chi connectivity index (χ4v) is 3.90. The first-order valence-corrected chi connectivity index (χ1v) is 10.7. The monoisotopic (exact) mass is 463 g/mol. The van der Waals surface area contributed by atoms with Crippen LogP contribution in [0.2, 0.25) is 0 Å². The largest absolute Gasteiger partial charge is 0.496 e. The van der Waals surface area contributed by atoms with Crippen molar-refractivity contribution in [2.75, 3.05) is 13.7 Å². The number of amides is 1. The number of para-hydroxylation sites is 1. The Bertz CT molecular complexity index is 1400. The van der Waals surface area contributed by atoms with E-state index in [1.807, 2.05) is 35.8 Å². The number of carbonyl (C=O) groups excluding carboxylic acids is 2. The molecule has 1 amide bonds. The van der Waals surface area contributed by atoms with Crippen LogP contribution in [0.15, 0.2) is 52.0 Å². The molecule has 0 radical (unpaired) electrons. The van der Waals surface area contributed by atoms with Crippen LogP contribution in [0.5, 0.6) is 5.75 Å². The lowest BCUT2D eigenvalue weighted by molar-refractivity contribution is -0.143. The average molecular weight is 463 g/mol. The van der Waals surface area contributed by atoms with Gasteiger partial charge in [-0.1, -0.05) is 18.2 Å². The van der Waals surface area contributed by atoms with Crippen molar-refractivity contribution in [3.8, 4) is 5.75 Å². The second kappa shape index (κ2) is 9.80. The topological polar surface area (TPSA) is 115 Å². The van der Waals surface area contributed by atoms with Crippen LogP contribution in [0.3, 0.4) is 0 Å². The number of nitrogens with one attached hydrogen (secondary N) is 1. The van der Waals surface area contributed by atoms with E-state index in [1.165, 1.54) is 7.11 Å². The van der Waals surface area contributed by atoms with Crippen molar-refractivity contribution in [2.45, 2.75) is 27.0 Å². The van der Waals surface area contributed by atoms with Gasteiger partial charge in [-0.2, -0.15) is 5.10 Å². The van der Waals surface area contributed by atoms with Gasteiger partial charge >= 0.3 is 11.9 Å². The zero-order valence-corrected chi connectivity index (χ0v) is 19.1. The number of aromatic nitrogens is 1. The number of esters is 1. The number of ether oxygens (including phenoxy) is 2. The summed E-state index contributed by atoms with van der Waals surface area (Å²) in [6.07, 6.45) is 1.55. The summed E-state index contributed by atoms with van der Waals surface area (Å²) < 4.78 is 17.9. The van der Waals surface area contributed by atoms with Gasteiger partial charge in [0, 0.05) is 28.2 Å². The number of hydrogen-bond donors (Lipinski definition) is 2. The molecule has 0 aliphatic heterocycles. The Labute approximate surface area is 195 Å². The lowest BCUT2D eigenvalue weighted by Gasteiger charge is -2.07. The molecule has 0 aliphatic carbocycles. The van der Waals surface area contributed by atoms with E-state index in [9.17, 15) is 14.7 Å². The molecule has 0 bridgehead atoms. The highest BCUT2D eigenvalue weighted by Gasteiger charge is 2.17. The minimum atomic E-state index is -0.534. The molecule has 0 atom stereocenters. The Kier molecular flexibility index (Phi) is 6.65. The number of furan rings is 1. The number of methoxy groups -OCH3 is 1. The lowest BCUT2D eigenvalue weighted by Crippen LogP contribution is -2.17. The van der Waals surface area contributed by atoms with Gasteiger partial charge < -0.3 is 23.6 Å². The standard InChI is InChI=1S/C25H25N3O6/c1-4-33-24(30)13-28-15(2)19(17-7-5-6-8-20(17)28)12-26-27-25(31)23-11-18-21(32-3)9-16(14-29)10-22(18)34-23/h5-12,29H,4,13-14H2,1-3H3,(H,27,31)/b26-12+. The molecule has 2 aromatic heterocycles. The van der Waals surface area contributed by atoms with Crippen LogP contribution < -0.4 is 10.2 Å². The molecule has 2 N–H and O–H groups in total. The van der Waals surface area contributed by atoms with Gasteiger partial charge in [-0.05, 0) is 37.6 Å². The minimum Gasteiger partial charge on any atom is -0.496 e. The molecule has 9 nitrogen and oxygen atoms in total. The maximum Gasteiger partial charge on any atom is 0.325 e. The van der Waals surface area contributed by atoms with E-state index >= 15 is 0 Å². The highest BCUT2D eigenvalue weighted by Crippen LogP contribution is 2.30. The highest BCUT2D eigenvalue weighted by atomic mass is 16.5. The summed E-state index contributed by atoms with van der Waals surface area (Å²) in [6.45, 7) is 3.86. The number of benzene rings is 2. The molecule has 2 heterocycles. The molecule has 0 fully saturated rings. The van der Waals surface area contributed by atoms with Gasteiger partial charge in [-0.3, -0.25) is 9.59 Å². The van der Waals surface area contributed by atoms with E-state index in [-0.39, 0.29) is 24.9 Å². The van der Waals surface area contributed by atoms with Crippen molar-refractivity contribution < 1.29 is 28.6 Å². The molecule has 4 aromatic rings. The maximum atomic E-state index is 12.7. The van der Waals surface area contributed by atoms with E-state index in [0.29, 0.717) is 28.9 Å². The number of aliphatic hydroxyl groups is 1.